The molecule has 0 aliphatic rings. The molecule has 0 spiro atoms. The molecule has 21 heavy (non-hydrogen) atoms. The minimum atomic E-state index is 0.729. The third kappa shape index (κ3) is 3.76. The van der Waals surface area contributed by atoms with Crippen molar-refractivity contribution in [3.8, 4) is 17.2 Å². The van der Waals surface area contributed by atoms with Crippen LogP contribution in [0.2, 0.25) is 0 Å². The fraction of sp³-hybridized carbons (Fsp3) is 0.250. The number of methoxy groups -OCH3 is 3. The van der Waals surface area contributed by atoms with Crippen LogP contribution in [0.15, 0.2) is 41.3 Å². The normalized spacial score (nSPS) is 10.2. The Morgan fingerprint density at radius 1 is 0.905 bits per heavy atom. The summed E-state index contributed by atoms with van der Waals surface area (Å²) in [6, 6.07) is 11.6. The van der Waals surface area contributed by atoms with Gasteiger partial charge in [-0.15, -0.1) is 11.8 Å². The van der Waals surface area contributed by atoms with Crippen molar-refractivity contribution in [3.05, 3.63) is 42.0 Å². The maximum atomic E-state index is 5.99. The Balaban J connectivity index is 2.13. The lowest BCUT2D eigenvalue weighted by Gasteiger charge is -2.11. The van der Waals surface area contributed by atoms with Crippen molar-refractivity contribution in [1.29, 1.82) is 0 Å². The van der Waals surface area contributed by atoms with E-state index in [2.05, 4.69) is 0 Å². The molecule has 0 bridgehead atoms. The highest BCUT2D eigenvalue weighted by Crippen LogP contribution is 2.34. The first kappa shape index (κ1) is 15.4. The van der Waals surface area contributed by atoms with Gasteiger partial charge >= 0.3 is 0 Å². The van der Waals surface area contributed by atoms with E-state index in [1.54, 1.807) is 33.1 Å². The molecule has 0 unspecified atom stereocenters. The third-order valence-corrected chi connectivity index (χ3v) is 4.21. The van der Waals surface area contributed by atoms with Gasteiger partial charge < -0.3 is 19.9 Å². The molecule has 0 amide bonds. The fourth-order valence-electron chi connectivity index (χ4n) is 1.90. The van der Waals surface area contributed by atoms with Crippen molar-refractivity contribution >= 4 is 17.4 Å². The van der Waals surface area contributed by atoms with Gasteiger partial charge in [0.1, 0.15) is 5.75 Å². The molecule has 0 atom stereocenters. The number of benzene rings is 2. The maximum Gasteiger partial charge on any atom is 0.161 e. The van der Waals surface area contributed by atoms with Crippen molar-refractivity contribution in [2.45, 2.75) is 10.6 Å². The zero-order chi connectivity index (χ0) is 15.2. The highest BCUT2D eigenvalue weighted by Gasteiger charge is 2.07. The Morgan fingerprint density at radius 2 is 1.67 bits per heavy atom. The largest absolute Gasteiger partial charge is 0.497 e. The molecule has 0 saturated carbocycles. The Hall–Kier alpha value is -2.01. The molecule has 112 valence electrons. The minimum Gasteiger partial charge on any atom is -0.497 e. The van der Waals surface area contributed by atoms with Crippen LogP contribution in [0.3, 0.4) is 0 Å². The summed E-state index contributed by atoms with van der Waals surface area (Å²) in [6.45, 7) is 0. The number of nitrogen functional groups attached to an aromatic ring is 1. The van der Waals surface area contributed by atoms with Crippen molar-refractivity contribution < 1.29 is 14.2 Å². The van der Waals surface area contributed by atoms with Gasteiger partial charge in [-0.25, -0.2) is 0 Å². The van der Waals surface area contributed by atoms with Crippen LogP contribution >= 0.6 is 11.8 Å². The highest BCUT2D eigenvalue weighted by atomic mass is 32.2. The summed E-state index contributed by atoms with van der Waals surface area (Å²) in [7, 11) is 4.91. The van der Waals surface area contributed by atoms with Crippen LogP contribution in [0.25, 0.3) is 0 Å². The first-order valence-corrected chi connectivity index (χ1v) is 7.43. The molecular weight excluding hydrogens is 286 g/mol. The van der Waals surface area contributed by atoms with Gasteiger partial charge in [0.15, 0.2) is 11.5 Å². The summed E-state index contributed by atoms with van der Waals surface area (Å²) in [6.07, 6.45) is 0. The number of rotatable bonds is 6. The Bertz CT molecular complexity index is 616. The lowest BCUT2D eigenvalue weighted by atomic mass is 10.2. The summed E-state index contributed by atoms with van der Waals surface area (Å²) < 4.78 is 15.8. The van der Waals surface area contributed by atoms with E-state index in [0.29, 0.717) is 0 Å². The molecule has 0 aliphatic carbocycles. The summed E-state index contributed by atoms with van der Waals surface area (Å²) >= 11 is 1.66. The van der Waals surface area contributed by atoms with Crippen LogP contribution in [0.5, 0.6) is 17.2 Å². The predicted molar refractivity (Wildman–Crippen MR) is 86.5 cm³/mol. The molecule has 4 nitrogen and oxygen atoms in total. The lowest BCUT2D eigenvalue weighted by molar-refractivity contribution is 0.354. The summed E-state index contributed by atoms with van der Waals surface area (Å²) in [5, 5.41) is 0. The SMILES string of the molecule is COc1ccc(N)c(SCc2ccc(OC)c(OC)c2)c1. The van der Waals surface area contributed by atoms with Crippen molar-refractivity contribution in [2.75, 3.05) is 27.1 Å². The number of anilines is 1. The zero-order valence-corrected chi connectivity index (χ0v) is 13.2. The smallest absolute Gasteiger partial charge is 0.161 e. The molecule has 5 heteroatoms. The molecule has 2 rings (SSSR count). The predicted octanol–water partition coefficient (Wildman–Crippen LogP) is 3.59. The van der Waals surface area contributed by atoms with Crippen LogP contribution in [0.1, 0.15) is 5.56 Å². The van der Waals surface area contributed by atoms with E-state index in [1.807, 2.05) is 36.4 Å². The molecule has 2 aromatic carbocycles. The highest BCUT2D eigenvalue weighted by molar-refractivity contribution is 7.98. The Kier molecular flexibility index (Phi) is 5.22. The van der Waals surface area contributed by atoms with Crippen LogP contribution < -0.4 is 19.9 Å². The average molecular weight is 305 g/mol. The zero-order valence-electron chi connectivity index (χ0n) is 12.4. The second kappa shape index (κ2) is 7.13. The van der Waals surface area contributed by atoms with E-state index in [-0.39, 0.29) is 0 Å². The quantitative estimate of drug-likeness (QED) is 0.653. The Morgan fingerprint density at radius 3 is 2.33 bits per heavy atom. The molecule has 0 heterocycles. The van der Waals surface area contributed by atoms with E-state index >= 15 is 0 Å². The monoisotopic (exact) mass is 305 g/mol. The fourth-order valence-corrected chi connectivity index (χ4v) is 2.83. The van der Waals surface area contributed by atoms with Crippen molar-refractivity contribution in [3.63, 3.8) is 0 Å². The van der Waals surface area contributed by atoms with Crippen molar-refractivity contribution in [2.24, 2.45) is 0 Å². The number of nitrogens with two attached hydrogens (primary N) is 1. The first-order valence-electron chi connectivity index (χ1n) is 6.45. The molecule has 0 radical (unpaired) electrons. The summed E-state index contributed by atoms with van der Waals surface area (Å²) in [4.78, 5) is 1.00. The minimum absolute atomic E-state index is 0.729. The van der Waals surface area contributed by atoms with Gasteiger partial charge in [-0.05, 0) is 35.9 Å². The third-order valence-electron chi connectivity index (χ3n) is 3.06. The molecule has 0 aliphatic heterocycles. The van der Waals surface area contributed by atoms with E-state index in [9.17, 15) is 0 Å². The van der Waals surface area contributed by atoms with Crippen molar-refractivity contribution in [1.82, 2.24) is 0 Å². The van der Waals surface area contributed by atoms with E-state index < -0.39 is 0 Å². The molecule has 2 N–H and O–H groups in total. The van der Waals surface area contributed by atoms with E-state index in [1.165, 1.54) is 0 Å². The molecule has 2 aromatic rings. The molecule has 0 saturated heterocycles. The summed E-state index contributed by atoms with van der Waals surface area (Å²) in [5.74, 6) is 3.05. The number of hydrogen-bond donors (Lipinski definition) is 1. The van der Waals surface area contributed by atoms with E-state index in [4.69, 9.17) is 19.9 Å². The van der Waals surface area contributed by atoms with Gasteiger partial charge in [-0.1, -0.05) is 6.07 Å². The average Bonchev–Trinajstić information content (AvgIpc) is 2.53. The molecular formula is C16H19NO3S. The molecule has 0 aromatic heterocycles. The lowest BCUT2D eigenvalue weighted by Crippen LogP contribution is -1.93. The summed E-state index contributed by atoms with van der Waals surface area (Å²) in [5.41, 5.74) is 7.88. The topological polar surface area (TPSA) is 53.7 Å². The van der Waals surface area contributed by atoms with Gasteiger partial charge in [-0.3, -0.25) is 0 Å². The number of hydrogen-bond acceptors (Lipinski definition) is 5. The van der Waals surface area contributed by atoms with Crippen LogP contribution in [0, 0.1) is 0 Å². The van der Waals surface area contributed by atoms with E-state index in [0.717, 1.165) is 39.1 Å². The van der Waals surface area contributed by atoms with Gasteiger partial charge in [-0.2, -0.15) is 0 Å². The van der Waals surface area contributed by atoms with Crippen LogP contribution in [-0.2, 0) is 5.75 Å². The number of thioether (sulfide) groups is 1. The number of ether oxygens (including phenoxy) is 3. The first-order chi connectivity index (χ1) is 10.2. The second-order valence-corrected chi connectivity index (χ2v) is 5.40. The van der Waals surface area contributed by atoms with Gasteiger partial charge in [0.05, 0.1) is 21.3 Å². The van der Waals surface area contributed by atoms with Crippen LogP contribution in [0.4, 0.5) is 5.69 Å². The van der Waals surface area contributed by atoms with Crippen LogP contribution in [-0.4, -0.2) is 21.3 Å². The molecule has 0 fully saturated rings. The van der Waals surface area contributed by atoms with Gasteiger partial charge in [0.25, 0.3) is 0 Å². The van der Waals surface area contributed by atoms with Gasteiger partial charge in [0.2, 0.25) is 0 Å². The van der Waals surface area contributed by atoms with Gasteiger partial charge in [0, 0.05) is 16.3 Å². The second-order valence-electron chi connectivity index (χ2n) is 4.38. The maximum absolute atomic E-state index is 5.99. The Labute approximate surface area is 129 Å². The standard InChI is InChI=1S/C16H19NO3S/c1-18-12-5-6-13(17)16(9-12)21-10-11-4-7-14(19-2)15(8-11)20-3/h4-9H,10,17H2,1-3H3.